The highest BCUT2D eigenvalue weighted by Gasteiger charge is 2.71. The normalized spacial score (nSPS) is 38.8. The van der Waals surface area contributed by atoms with Gasteiger partial charge >= 0.3 is 11.9 Å². The van der Waals surface area contributed by atoms with Crippen LogP contribution in [0.3, 0.4) is 0 Å². The lowest BCUT2D eigenvalue weighted by atomic mass is 9.33. The van der Waals surface area contributed by atoms with E-state index in [0.717, 1.165) is 56.1 Å². The zero-order valence-electron chi connectivity index (χ0n) is 37.3. The zero-order chi connectivity index (χ0) is 43.5. The minimum Gasteiger partial charge on any atom is -0.481 e. The van der Waals surface area contributed by atoms with Crippen molar-refractivity contribution < 1.29 is 38.9 Å². The monoisotopic (exact) mass is 819 g/mol. The molecule has 0 bridgehead atoms. The van der Waals surface area contributed by atoms with Crippen LogP contribution in [0.4, 0.5) is 0 Å². The molecule has 6 aliphatic carbocycles. The quantitative estimate of drug-likeness (QED) is 0.155. The highest BCUT2D eigenvalue weighted by Crippen LogP contribution is 2.77. The van der Waals surface area contributed by atoms with Crippen molar-refractivity contribution in [3.63, 3.8) is 0 Å². The first-order valence-electron chi connectivity index (χ1n) is 22.3. The van der Waals surface area contributed by atoms with Crippen LogP contribution in [0.15, 0.2) is 23.5 Å². The van der Waals surface area contributed by atoms with E-state index >= 15 is 0 Å². The molecule has 5 saturated carbocycles. The van der Waals surface area contributed by atoms with Crippen LogP contribution >= 0.6 is 0 Å². The molecule has 1 aromatic heterocycles. The van der Waals surface area contributed by atoms with E-state index in [-0.39, 0.29) is 70.1 Å². The number of ketones is 1. The number of carbonyl (C=O) groups is 5. The number of Topliss-reactive ketones (excluding diaryl/α,β-unsaturated/α-hetero) is 1. The number of hydrogen-bond donors (Lipinski definition) is 5. The summed E-state index contributed by atoms with van der Waals surface area (Å²) in [5.41, 5.74) is -1.11. The van der Waals surface area contributed by atoms with Crippen molar-refractivity contribution in [3.05, 3.63) is 29.4 Å². The Balaban J connectivity index is 1.11. The number of ether oxygens (including phenoxy) is 1. The molecule has 0 aliphatic heterocycles. The third-order valence-electron chi connectivity index (χ3n) is 18.3. The maximum Gasteiger partial charge on any atom is 0.309 e. The summed E-state index contributed by atoms with van der Waals surface area (Å²) >= 11 is 0. The van der Waals surface area contributed by atoms with Crippen LogP contribution in [0, 0.1) is 68.0 Å². The largest absolute Gasteiger partial charge is 0.481 e. The topological polar surface area (TPSA) is 188 Å². The van der Waals surface area contributed by atoms with Crippen LogP contribution in [-0.2, 0) is 23.9 Å². The molecule has 1 aromatic rings. The molecule has 0 radical (unpaired) electrons. The summed E-state index contributed by atoms with van der Waals surface area (Å²) in [6, 6.07) is 0. The number of aliphatic hydroxyl groups is 1. The summed E-state index contributed by atoms with van der Waals surface area (Å²) < 4.78 is 6.40. The van der Waals surface area contributed by atoms with Crippen molar-refractivity contribution >= 4 is 29.5 Å². The number of aromatic amines is 1. The molecule has 0 saturated heterocycles. The number of aromatic nitrogens is 2. The zero-order valence-corrected chi connectivity index (χ0v) is 37.3. The number of amides is 2. The first kappa shape index (κ1) is 43.5. The fraction of sp³-hybridized carbons (Fsp3) is 0.787. The lowest BCUT2D eigenvalue weighted by Crippen LogP contribution is -2.66. The second-order valence-corrected chi connectivity index (χ2v) is 22.4. The third-order valence-corrected chi connectivity index (χ3v) is 18.3. The predicted molar refractivity (Wildman–Crippen MR) is 221 cm³/mol. The molecule has 5 fully saturated rings. The van der Waals surface area contributed by atoms with Gasteiger partial charge in [-0.3, -0.25) is 24.0 Å². The second kappa shape index (κ2) is 14.3. The number of carboxylic acids is 1. The number of aliphatic hydroxyl groups excluding tert-OH is 1. The van der Waals surface area contributed by atoms with Crippen molar-refractivity contribution in [1.82, 2.24) is 20.6 Å². The molecule has 326 valence electrons. The third kappa shape index (κ3) is 6.36. The van der Waals surface area contributed by atoms with E-state index in [4.69, 9.17) is 4.74 Å². The maximum atomic E-state index is 14.2. The molecule has 0 unspecified atom stereocenters. The Morgan fingerprint density at radius 1 is 0.915 bits per heavy atom. The number of nitrogens with one attached hydrogen (secondary N) is 3. The maximum absolute atomic E-state index is 14.2. The average molecular weight is 819 g/mol. The Kier molecular flexibility index (Phi) is 10.5. The van der Waals surface area contributed by atoms with Crippen LogP contribution in [0.1, 0.15) is 151 Å². The van der Waals surface area contributed by atoms with Crippen molar-refractivity contribution in [2.24, 2.45) is 68.0 Å². The van der Waals surface area contributed by atoms with Crippen LogP contribution < -0.4 is 10.6 Å². The van der Waals surface area contributed by atoms with Crippen LogP contribution in [-0.4, -0.2) is 74.0 Å². The van der Waals surface area contributed by atoms with Crippen LogP contribution in [0.25, 0.3) is 0 Å². The van der Waals surface area contributed by atoms with Gasteiger partial charge in [0.05, 0.1) is 17.9 Å². The van der Waals surface area contributed by atoms with Gasteiger partial charge in [-0.25, -0.2) is 4.98 Å². The number of carboxylic acid groups (broad SMARTS) is 1. The molecule has 12 nitrogen and oxygen atoms in total. The van der Waals surface area contributed by atoms with Crippen molar-refractivity contribution in [2.45, 2.75) is 158 Å². The van der Waals surface area contributed by atoms with Gasteiger partial charge in [-0.05, 0) is 123 Å². The van der Waals surface area contributed by atoms with E-state index < -0.39 is 52.1 Å². The number of H-pyrrole nitrogens is 1. The number of allylic oxidation sites excluding steroid dienone is 1. The van der Waals surface area contributed by atoms with E-state index in [9.17, 15) is 34.2 Å². The molecule has 5 N–H and O–H groups in total. The number of rotatable bonds is 10. The number of nitrogens with zero attached hydrogens (tertiary/aromatic N) is 1. The number of esters is 1. The van der Waals surface area contributed by atoms with Gasteiger partial charge in [0.2, 0.25) is 5.91 Å². The SMILES string of the molecule is CC(C)C1=C2[C@H]3CC[C@@H]4[C@@]5(C)CC[C@H](OC(=O)[C@H]6C[C@@H](C(=O)O)C6(C)C)C(C)(C)[C@@H]5CC[C@@]4(C)[C@]3(C)CC[C@@]2([C@@H](O)CNC(=O)C(C)(C)NC(=O)c2ncc[nH]2)CC1=O. The van der Waals surface area contributed by atoms with Gasteiger partial charge in [0.1, 0.15) is 11.6 Å². The van der Waals surface area contributed by atoms with Gasteiger partial charge in [-0.15, -0.1) is 0 Å². The van der Waals surface area contributed by atoms with E-state index in [1.54, 1.807) is 13.8 Å². The number of hydrogen-bond acceptors (Lipinski definition) is 8. The molecule has 7 rings (SSSR count). The highest BCUT2D eigenvalue weighted by molar-refractivity contribution is 6.01. The van der Waals surface area contributed by atoms with Gasteiger partial charge in [0, 0.05) is 36.2 Å². The lowest BCUT2D eigenvalue weighted by Gasteiger charge is -2.72. The minimum absolute atomic E-state index is 0.00245. The molecule has 11 atom stereocenters. The summed E-state index contributed by atoms with van der Waals surface area (Å²) in [5, 5.41) is 27.6. The standard InChI is InChI=1S/C47H70N4O8/c1-25(2)34-29(52)23-47(32(53)24-50-40(58)43(7,8)51-37(54)36-48-20-21-49-36)19-18-45(10)26(35(34)47)12-13-31-44(9)16-15-33(42(5,6)30(44)14-17-46(31,45)11)59-39(57)28-22-27(38(55)56)41(28,3)4/h20-21,25-28,30-33,53H,12-19,22-24H2,1-11H3,(H,48,49)(H,50,58)(H,51,54)(H,55,56)/t26-,27+,28-,30+,31-,32+,33+,44+,45-,46-,47+/m1/s1. The van der Waals surface area contributed by atoms with Gasteiger partial charge < -0.3 is 30.6 Å². The van der Waals surface area contributed by atoms with Gasteiger partial charge in [-0.1, -0.05) is 67.9 Å². The van der Waals surface area contributed by atoms with Crippen molar-refractivity contribution in [2.75, 3.05) is 6.54 Å². The molecule has 12 heteroatoms. The summed E-state index contributed by atoms with van der Waals surface area (Å²) in [4.78, 5) is 72.6. The smallest absolute Gasteiger partial charge is 0.309 e. The van der Waals surface area contributed by atoms with E-state index in [0.29, 0.717) is 24.7 Å². The summed E-state index contributed by atoms with van der Waals surface area (Å²) in [7, 11) is 0. The van der Waals surface area contributed by atoms with E-state index in [1.807, 2.05) is 13.8 Å². The van der Waals surface area contributed by atoms with Crippen LogP contribution in [0.5, 0.6) is 0 Å². The predicted octanol–water partition coefficient (Wildman–Crippen LogP) is 7.03. The molecule has 0 spiro atoms. The van der Waals surface area contributed by atoms with Gasteiger partial charge in [0.15, 0.2) is 11.6 Å². The number of fused-ring (bicyclic) bond motifs is 7. The van der Waals surface area contributed by atoms with Crippen molar-refractivity contribution in [3.8, 4) is 0 Å². The Bertz CT molecular complexity index is 1930. The second-order valence-electron chi connectivity index (χ2n) is 22.4. The number of carbonyl (C=O) groups excluding carboxylic acids is 4. The Labute approximate surface area is 350 Å². The molecular weight excluding hydrogens is 749 g/mol. The fourth-order valence-electron chi connectivity index (χ4n) is 14.6. The molecule has 6 aliphatic rings. The Hall–Kier alpha value is -3.54. The number of aliphatic carboxylic acids is 1. The van der Waals surface area contributed by atoms with Gasteiger partial charge in [0.25, 0.3) is 5.91 Å². The molecule has 0 aromatic carbocycles. The van der Waals surface area contributed by atoms with Gasteiger partial charge in [-0.2, -0.15) is 0 Å². The van der Waals surface area contributed by atoms with Crippen molar-refractivity contribution in [1.29, 1.82) is 0 Å². The molecule has 59 heavy (non-hydrogen) atoms. The Morgan fingerprint density at radius 3 is 2.22 bits per heavy atom. The van der Waals surface area contributed by atoms with Crippen LogP contribution in [0.2, 0.25) is 0 Å². The first-order valence-corrected chi connectivity index (χ1v) is 22.3. The minimum atomic E-state index is -1.28. The summed E-state index contributed by atoms with van der Waals surface area (Å²) in [6.07, 6.45) is 9.54. The highest BCUT2D eigenvalue weighted by atomic mass is 16.5. The number of imidazole rings is 1. The fourth-order valence-corrected chi connectivity index (χ4v) is 14.6. The lowest BCUT2D eigenvalue weighted by molar-refractivity contribution is -0.238. The van der Waals surface area contributed by atoms with E-state index in [2.05, 4.69) is 69.1 Å². The summed E-state index contributed by atoms with van der Waals surface area (Å²) in [5.74, 6) is -1.92. The molecular formula is C47H70N4O8. The molecule has 2 amide bonds. The first-order chi connectivity index (χ1) is 27.3. The molecule has 1 heterocycles. The average Bonchev–Trinajstić information content (AvgIpc) is 3.78. The Morgan fingerprint density at radius 2 is 1.61 bits per heavy atom. The van der Waals surface area contributed by atoms with E-state index in [1.165, 1.54) is 12.4 Å². The summed E-state index contributed by atoms with van der Waals surface area (Å²) in [6.45, 7) is 23.1.